The molecule has 0 aromatic heterocycles. The Kier molecular flexibility index (Phi) is 4.26. The van der Waals surface area contributed by atoms with E-state index in [0.717, 1.165) is 19.6 Å². The number of ether oxygens (including phenoxy) is 2. The molecule has 5 nitrogen and oxygen atoms in total. The van der Waals surface area contributed by atoms with Crippen LogP contribution in [0.2, 0.25) is 0 Å². The molecule has 0 spiro atoms. The van der Waals surface area contributed by atoms with E-state index in [2.05, 4.69) is 4.90 Å². The van der Waals surface area contributed by atoms with Gasteiger partial charge < -0.3 is 19.5 Å². The van der Waals surface area contributed by atoms with E-state index >= 15 is 0 Å². The summed E-state index contributed by atoms with van der Waals surface area (Å²) in [4.78, 5) is 2.39. The third kappa shape index (κ3) is 3.33. The van der Waals surface area contributed by atoms with Crippen LogP contribution in [0.3, 0.4) is 0 Å². The molecule has 0 saturated carbocycles. The van der Waals surface area contributed by atoms with E-state index in [9.17, 15) is 0 Å². The van der Waals surface area contributed by atoms with Crippen molar-refractivity contribution in [1.29, 1.82) is 0 Å². The van der Waals surface area contributed by atoms with Crippen LogP contribution in [0.25, 0.3) is 0 Å². The fourth-order valence-electron chi connectivity index (χ4n) is 2.94. The second-order valence-corrected chi connectivity index (χ2v) is 5.51. The minimum Gasteiger partial charge on any atom is -0.492 e. The minimum atomic E-state index is -1.45. The summed E-state index contributed by atoms with van der Waals surface area (Å²) < 4.78 is 11.5. The Labute approximate surface area is 119 Å². The van der Waals surface area contributed by atoms with Crippen LogP contribution >= 0.6 is 0 Å². The zero-order chi connectivity index (χ0) is 13.9. The van der Waals surface area contributed by atoms with Crippen LogP contribution in [-0.4, -0.2) is 60.5 Å². The summed E-state index contributed by atoms with van der Waals surface area (Å²) in [5, 5.41) is 18.2. The highest BCUT2D eigenvalue weighted by Gasteiger charge is 2.33. The monoisotopic (exact) mass is 277 g/mol. The lowest BCUT2D eigenvalue weighted by Gasteiger charge is -2.31. The molecule has 2 N–H and O–H groups in total. The molecule has 20 heavy (non-hydrogen) atoms. The molecule has 2 fully saturated rings. The highest BCUT2D eigenvalue weighted by Crippen LogP contribution is 2.25. The van der Waals surface area contributed by atoms with Gasteiger partial charge in [-0.15, -0.1) is 0 Å². The van der Waals surface area contributed by atoms with Gasteiger partial charge in [-0.2, -0.15) is 0 Å². The number of hydrogen-bond donors (Lipinski definition) is 2. The molecule has 1 aromatic rings. The molecule has 1 aromatic carbocycles. The molecular weight excluding hydrogens is 257 g/mol. The first kappa shape index (κ1) is 13.9. The van der Waals surface area contributed by atoms with Gasteiger partial charge in [0.1, 0.15) is 12.4 Å². The van der Waals surface area contributed by atoms with Crippen LogP contribution in [0.1, 0.15) is 12.8 Å². The van der Waals surface area contributed by atoms with Gasteiger partial charge in [-0.1, -0.05) is 12.1 Å². The maximum absolute atomic E-state index is 9.12. The highest BCUT2D eigenvalue weighted by atomic mass is 16.5. The number of fused-ring (bicyclic) bond motifs is 2. The lowest BCUT2D eigenvalue weighted by molar-refractivity contribution is -0.0408. The maximum atomic E-state index is 9.12. The lowest BCUT2D eigenvalue weighted by Crippen LogP contribution is -2.44. The van der Waals surface area contributed by atoms with E-state index in [1.165, 1.54) is 12.8 Å². The summed E-state index contributed by atoms with van der Waals surface area (Å²) in [5.41, 5.74) is 0.451. The zero-order valence-corrected chi connectivity index (χ0v) is 11.4. The first-order valence-electron chi connectivity index (χ1n) is 7.17. The van der Waals surface area contributed by atoms with Crippen LogP contribution in [-0.2, 0) is 4.74 Å². The van der Waals surface area contributed by atoms with Crippen molar-refractivity contribution in [1.82, 2.24) is 4.90 Å². The van der Waals surface area contributed by atoms with Gasteiger partial charge in [0.2, 0.25) is 0 Å². The predicted molar refractivity (Wildman–Crippen MR) is 76.1 cm³/mol. The summed E-state index contributed by atoms with van der Waals surface area (Å²) in [7, 11) is -1.45. The van der Waals surface area contributed by atoms with E-state index in [4.69, 9.17) is 19.5 Å². The number of morpholine rings is 1. The van der Waals surface area contributed by atoms with Gasteiger partial charge in [-0.25, -0.2) is 0 Å². The molecule has 0 amide bonds. The number of nitrogens with zero attached hydrogens (tertiary/aromatic N) is 1. The average molecular weight is 277 g/mol. The van der Waals surface area contributed by atoms with Gasteiger partial charge in [0.05, 0.1) is 12.2 Å². The molecule has 108 valence electrons. The molecule has 2 atom stereocenters. The van der Waals surface area contributed by atoms with Gasteiger partial charge in [-0.05, 0) is 30.4 Å². The molecule has 6 heteroatoms. The molecule has 2 saturated heterocycles. The quantitative estimate of drug-likeness (QED) is 0.718. The summed E-state index contributed by atoms with van der Waals surface area (Å²) in [6, 6.07) is 6.92. The zero-order valence-electron chi connectivity index (χ0n) is 11.4. The standard InChI is InChI=1S/C14H20BNO4/c17-15(18)11-2-1-3-12(8-11)19-7-6-16-9-13-4-5-14(10-16)20-13/h1-3,8,13-14,17-18H,4-7,9-10H2. The Hall–Kier alpha value is -1.08. The van der Waals surface area contributed by atoms with Gasteiger partial charge in [0.15, 0.2) is 0 Å². The minimum absolute atomic E-state index is 0.404. The van der Waals surface area contributed by atoms with Gasteiger partial charge in [0, 0.05) is 19.6 Å². The van der Waals surface area contributed by atoms with Crippen molar-refractivity contribution in [2.75, 3.05) is 26.2 Å². The fraction of sp³-hybridized carbons (Fsp3) is 0.571. The van der Waals surface area contributed by atoms with E-state index in [1.54, 1.807) is 18.2 Å². The van der Waals surface area contributed by atoms with Gasteiger partial charge in [-0.3, -0.25) is 4.90 Å². The Morgan fingerprint density at radius 3 is 2.70 bits per heavy atom. The molecular formula is C14H20BNO4. The van der Waals surface area contributed by atoms with Crippen molar-refractivity contribution < 1.29 is 19.5 Å². The second-order valence-electron chi connectivity index (χ2n) is 5.51. The van der Waals surface area contributed by atoms with E-state index in [1.807, 2.05) is 6.07 Å². The SMILES string of the molecule is OB(O)c1cccc(OCCN2CC3CCC(C2)O3)c1. The molecule has 0 radical (unpaired) electrons. The Bertz CT molecular complexity index is 445. The van der Waals surface area contributed by atoms with Crippen molar-refractivity contribution >= 4 is 12.6 Å². The third-order valence-corrected chi connectivity index (χ3v) is 3.95. The largest absolute Gasteiger partial charge is 0.492 e. The van der Waals surface area contributed by atoms with Crippen molar-refractivity contribution in [3.8, 4) is 5.75 Å². The summed E-state index contributed by atoms with van der Waals surface area (Å²) in [6.07, 6.45) is 3.17. The molecule has 2 unspecified atom stereocenters. The average Bonchev–Trinajstić information content (AvgIpc) is 2.78. The van der Waals surface area contributed by atoms with Crippen LogP contribution in [0.15, 0.2) is 24.3 Å². The fourth-order valence-corrected chi connectivity index (χ4v) is 2.94. The Balaban J connectivity index is 1.46. The first-order valence-corrected chi connectivity index (χ1v) is 7.17. The van der Waals surface area contributed by atoms with E-state index < -0.39 is 7.12 Å². The Morgan fingerprint density at radius 1 is 1.25 bits per heavy atom. The number of benzene rings is 1. The van der Waals surface area contributed by atoms with Crippen LogP contribution in [0.4, 0.5) is 0 Å². The van der Waals surface area contributed by atoms with E-state index in [0.29, 0.717) is 30.0 Å². The van der Waals surface area contributed by atoms with E-state index in [-0.39, 0.29) is 0 Å². The van der Waals surface area contributed by atoms with Crippen molar-refractivity contribution in [3.05, 3.63) is 24.3 Å². The third-order valence-electron chi connectivity index (χ3n) is 3.95. The maximum Gasteiger partial charge on any atom is 0.488 e. The van der Waals surface area contributed by atoms with Crippen LogP contribution < -0.4 is 10.2 Å². The van der Waals surface area contributed by atoms with Crippen molar-refractivity contribution in [2.45, 2.75) is 25.0 Å². The molecule has 3 rings (SSSR count). The summed E-state index contributed by atoms with van der Waals surface area (Å²) in [6.45, 7) is 3.47. The molecule has 2 bridgehead atoms. The van der Waals surface area contributed by atoms with Crippen molar-refractivity contribution in [3.63, 3.8) is 0 Å². The number of rotatable bonds is 5. The number of hydrogen-bond acceptors (Lipinski definition) is 5. The Morgan fingerprint density at radius 2 is 2.00 bits per heavy atom. The molecule has 2 heterocycles. The molecule has 2 aliphatic heterocycles. The normalized spacial score (nSPS) is 25.7. The second kappa shape index (κ2) is 6.14. The summed E-state index contributed by atoms with van der Waals surface area (Å²) >= 11 is 0. The number of likely N-dealkylation sites (tertiary alicyclic amines) is 1. The molecule has 0 aliphatic carbocycles. The topological polar surface area (TPSA) is 62.2 Å². The highest BCUT2D eigenvalue weighted by molar-refractivity contribution is 6.58. The summed E-state index contributed by atoms with van der Waals surface area (Å²) in [5.74, 6) is 0.673. The van der Waals surface area contributed by atoms with Crippen LogP contribution in [0.5, 0.6) is 5.75 Å². The van der Waals surface area contributed by atoms with Crippen molar-refractivity contribution in [2.24, 2.45) is 0 Å². The predicted octanol–water partition coefficient (Wildman–Crippen LogP) is -0.392. The lowest BCUT2D eigenvalue weighted by atomic mass is 9.80. The first-order chi connectivity index (χ1) is 9.70. The smallest absolute Gasteiger partial charge is 0.488 e. The van der Waals surface area contributed by atoms with Gasteiger partial charge in [0.25, 0.3) is 0 Å². The molecule has 2 aliphatic rings. The van der Waals surface area contributed by atoms with Crippen LogP contribution in [0, 0.1) is 0 Å². The van der Waals surface area contributed by atoms with Gasteiger partial charge >= 0.3 is 7.12 Å².